The third-order valence-corrected chi connectivity index (χ3v) is 5.29. The number of carbonyl (C=O) groups excluding carboxylic acids is 2. The topological polar surface area (TPSA) is 61.4 Å². The maximum absolute atomic E-state index is 13.0. The summed E-state index contributed by atoms with van der Waals surface area (Å²) in [6.45, 7) is 0.587. The Kier molecular flexibility index (Phi) is 5.79. The molecule has 1 heterocycles. The monoisotopic (exact) mass is 423 g/mol. The molecule has 5 nitrogen and oxygen atoms in total. The van der Waals surface area contributed by atoms with Crippen molar-refractivity contribution in [2.75, 3.05) is 24.5 Å². The number of anilines is 1. The van der Waals surface area contributed by atoms with Crippen molar-refractivity contribution in [3.8, 4) is 0 Å². The maximum atomic E-state index is 13.0. The SMILES string of the molecule is O=C(CN(C(=O)C(F)(F)F)c1cccc(C(F)(F)F)c1)NC1CC2CNCC2C1. The summed E-state index contributed by atoms with van der Waals surface area (Å²) in [5, 5.41) is 5.83. The first-order valence-corrected chi connectivity index (χ1v) is 9.01. The molecule has 2 fully saturated rings. The number of hydrogen-bond acceptors (Lipinski definition) is 3. The molecule has 0 radical (unpaired) electrons. The van der Waals surface area contributed by atoms with Gasteiger partial charge in [0.15, 0.2) is 0 Å². The highest BCUT2D eigenvalue weighted by Crippen LogP contribution is 2.35. The number of amides is 2. The number of halogens is 6. The first-order chi connectivity index (χ1) is 13.4. The third-order valence-electron chi connectivity index (χ3n) is 5.29. The first kappa shape index (κ1) is 21.4. The summed E-state index contributed by atoms with van der Waals surface area (Å²) < 4.78 is 77.6. The second-order valence-electron chi connectivity index (χ2n) is 7.35. The molecule has 2 atom stereocenters. The van der Waals surface area contributed by atoms with Crippen LogP contribution in [0.1, 0.15) is 18.4 Å². The lowest BCUT2D eigenvalue weighted by atomic mass is 10.0. The molecule has 3 rings (SSSR count). The second kappa shape index (κ2) is 7.85. The van der Waals surface area contributed by atoms with Gasteiger partial charge in [-0.05, 0) is 56.0 Å². The zero-order valence-electron chi connectivity index (χ0n) is 15.1. The Hall–Kier alpha value is -2.30. The fraction of sp³-hybridized carbons (Fsp3) is 0.556. The zero-order valence-corrected chi connectivity index (χ0v) is 15.1. The largest absolute Gasteiger partial charge is 0.471 e. The molecule has 11 heteroatoms. The number of alkyl halides is 6. The van der Waals surface area contributed by atoms with Crippen molar-refractivity contribution in [1.82, 2.24) is 10.6 Å². The minimum atomic E-state index is -5.34. The highest BCUT2D eigenvalue weighted by Gasteiger charge is 2.44. The van der Waals surface area contributed by atoms with Crippen molar-refractivity contribution < 1.29 is 35.9 Å². The number of nitrogens with zero attached hydrogens (tertiary/aromatic N) is 1. The van der Waals surface area contributed by atoms with Gasteiger partial charge in [-0.15, -0.1) is 0 Å². The van der Waals surface area contributed by atoms with Crippen molar-refractivity contribution in [3.05, 3.63) is 29.8 Å². The Morgan fingerprint density at radius 1 is 1.07 bits per heavy atom. The molecule has 2 unspecified atom stereocenters. The Balaban J connectivity index is 1.76. The average molecular weight is 423 g/mol. The van der Waals surface area contributed by atoms with Crippen LogP contribution in [0.3, 0.4) is 0 Å². The molecule has 2 amide bonds. The van der Waals surface area contributed by atoms with Gasteiger partial charge < -0.3 is 10.6 Å². The third kappa shape index (κ3) is 5.01. The number of carbonyl (C=O) groups is 2. The van der Waals surface area contributed by atoms with E-state index in [4.69, 9.17) is 0 Å². The molecule has 1 aromatic rings. The van der Waals surface area contributed by atoms with Crippen LogP contribution in [0.5, 0.6) is 0 Å². The standard InChI is InChI=1S/C18H19F6N3O2/c19-17(20,21)12-2-1-3-14(6-12)27(16(29)18(22,23)24)9-15(28)26-13-4-10-7-25-8-11(10)5-13/h1-3,6,10-11,13,25H,4-5,7-9H2,(H,26,28). The number of hydrogen-bond donors (Lipinski definition) is 2. The zero-order chi connectivity index (χ0) is 21.4. The molecule has 2 aliphatic rings. The van der Waals surface area contributed by atoms with Gasteiger partial charge in [-0.3, -0.25) is 14.5 Å². The summed E-state index contributed by atoms with van der Waals surface area (Å²) in [5.74, 6) is -2.51. The molecule has 1 aliphatic heterocycles. The molecular formula is C18H19F6N3O2. The summed E-state index contributed by atoms with van der Waals surface area (Å²) in [5.41, 5.74) is -1.86. The van der Waals surface area contributed by atoms with Gasteiger partial charge in [0.25, 0.3) is 0 Å². The molecule has 160 valence electrons. The smallest absolute Gasteiger partial charge is 0.352 e. The number of rotatable bonds is 4. The van der Waals surface area contributed by atoms with Crippen LogP contribution in [0.15, 0.2) is 24.3 Å². The lowest BCUT2D eigenvalue weighted by molar-refractivity contribution is -0.170. The van der Waals surface area contributed by atoms with Crippen LogP contribution >= 0.6 is 0 Å². The Morgan fingerprint density at radius 3 is 2.24 bits per heavy atom. The molecule has 1 saturated heterocycles. The number of nitrogens with one attached hydrogen (secondary N) is 2. The fourth-order valence-electron chi connectivity index (χ4n) is 3.98. The van der Waals surface area contributed by atoms with Gasteiger partial charge in [-0.2, -0.15) is 26.3 Å². The lowest BCUT2D eigenvalue weighted by Gasteiger charge is -2.25. The van der Waals surface area contributed by atoms with E-state index >= 15 is 0 Å². The van der Waals surface area contributed by atoms with E-state index in [-0.39, 0.29) is 10.9 Å². The second-order valence-corrected chi connectivity index (χ2v) is 7.35. The van der Waals surface area contributed by atoms with E-state index in [0.29, 0.717) is 36.8 Å². The van der Waals surface area contributed by atoms with E-state index in [1.54, 1.807) is 0 Å². The van der Waals surface area contributed by atoms with E-state index in [1.807, 2.05) is 0 Å². The molecular weight excluding hydrogens is 404 g/mol. The highest BCUT2D eigenvalue weighted by atomic mass is 19.4. The predicted octanol–water partition coefficient (Wildman–Crippen LogP) is 2.71. The number of fused-ring (bicyclic) bond motifs is 1. The molecule has 0 aromatic heterocycles. The summed E-state index contributed by atoms with van der Waals surface area (Å²) in [4.78, 5) is 24.1. The lowest BCUT2D eigenvalue weighted by Crippen LogP contribution is -2.48. The number of benzene rings is 1. The summed E-state index contributed by atoms with van der Waals surface area (Å²) >= 11 is 0. The normalized spacial score (nSPS) is 24.3. The van der Waals surface area contributed by atoms with Gasteiger partial charge >= 0.3 is 18.3 Å². The summed E-state index contributed by atoms with van der Waals surface area (Å²) in [7, 11) is 0. The van der Waals surface area contributed by atoms with Crippen molar-refractivity contribution in [3.63, 3.8) is 0 Å². The van der Waals surface area contributed by atoms with E-state index in [0.717, 1.165) is 25.2 Å². The minimum Gasteiger partial charge on any atom is -0.352 e. The van der Waals surface area contributed by atoms with Crippen LogP contribution in [0.2, 0.25) is 0 Å². The van der Waals surface area contributed by atoms with Crippen LogP contribution in [-0.2, 0) is 15.8 Å². The Morgan fingerprint density at radius 2 is 1.69 bits per heavy atom. The van der Waals surface area contributed by atoms with Crippen LogP contribution in [-0.4, -0.2) is 43.7 Å². The maximum Gasteiger partial charge on any atom is 0.471 e. The van der Waals surface area contributed by atoms with E-state index in [1.165, 1.54) is 0 Å². The highest BCUT2D eigenvalue weighted by molar-refractivity contribution is 6.01. The molecule has 1 aliphatic carbocycles. The molecule has 1 aromatic carbocycles. The Bertz CT molecular complexity index is 768. The quantitative estimate of drug-likeness (QED) is 0.733. The summed E-state index contributed by atoms with van der Waals surface area (Å²) in [6, 6.07) is 2.67. The van der Waals surface area contributed by atoms with E-state index < -0.39 is 42.0 Å². The minimum absolute atomic E-state index is 0.0297. The van der Waals surface area contributed by atoms with Crippen molar-refractivity contribution >= 4 is 17.5 Å². The molecule has 0 bridgehead atoms. The Labute approximate surface area is 162 Å². The van der Waals surface area contributed by atoms with E-state index in [2.05, 4.69) is 10.6 Å². The van der Waals surface area contributed by atoms with Gasteiger partial charge in [0, 0.05) is 11.7 Å². The van der Waals surface area contributed by atoms with Crippen molar-refractivity contribution in [2.45, 2.75) is 31.2 Å². The summed E-state index contributed by atoms with van der Waals surface area (Å²) in [6.07, 6.45) is -8.81. The molecule has 2 N–H and O–H groups in total. The van der Waals surface area contributed by atoms with Gasteiger partial charge in [0.05, 0.1) is 5.56 Å². The van der Waals surface area contributed by atoms with Gasteiger partial charge in [-0.25, -0.2) is 0 Å². The first-order valence-electron chi connectivity index (χ1n) is 9.01. The molecule has 0 spiro atoms. The van der Waals surface area contributed by atoms with Gasteiger partial charge in [0.1, 0.15) is 6.54 Å². The van der Waals surface area contributed by atoms with Gasteiger partial charge in [0.2, 0.25) is 5.91 Å². The van der Waals surface area contributed by atoms with Crippen molar-refractivity contribution in [1.29, 1.82) is 0 Å². The van der Waals surface area contributed by atoms with E-state index in [9.17, 15) is 35.9 Å². The molecule has 29 heavy (non-hydrogen) atoms. The average Bonchev–Trinajstić information content (AvgIpc) is 3.19. The molecule has 1 saturated carbocycles. The van der Waals surface area contributed by atoms with Crippen LogP contribution in [0, 0.1) is 11.8 Å². The van der Waals surface area contributed by atoms with Crippen LogP contribution in [0.4, 0.5) is 32.0 Å². The van der Waals surface area contributed by atoms with Crippen LogP contribution < -0.4 is 15.5 Å². The van der Waals surface area contributed by atoms with Crippen molar-refractivity contribution in [2.24, 2.45) is 11.8 Å². The fourth-order valence-corrected chi connectivity index (χ4v) is 3.98. The predicted molar refractivity (Wildman–Crippen MR) is 90.9 cm³/mol. The van der Waals surface area contributed by atoms with Gasteiger partial charge in [-0.1, -0.05) is 6.07 Å². The van der Waals surface area contributed by atoms with Crippen LogP contribution in [0.25, 0.3) is 0 Å².